The van der Waals surface area contributed by atoms with Crippen LogP contribution in [0.15, 0.2) is 29.2 Å². The van der Waals surface area contributed by atoms with Crippen LogP contribution in [-0.4, -0.2) is 22.2 Å². The van der Waals surface area contributed by atoms with Gasteiger partial charge < -0.3 is 4.74 Å². The molecule has 1 saturated heterocycles. The Hall–Kier alpha value is -0.670. The molecule has 16 heavy (non-hydrogen) atoms. The smallest absolute Gasteiger partial charge is 0.0773 e. The van der Waals surface area contributed by atoms with Gasteiger partial charge in [0.1, 0.15) is 0 Å². The molecule has 0 saturated carbocycles. The minimum Gasteiger partial charge on any atom is -0.374 e. The van der Waals surface area contributed by atoms with E-state index in [4.69, 9.17) is 4.74 Å². The van der Waals surface area contributed by atoms with Gasteiger partial charge in [-0.15, -0.1) is 0 Å². The summed E-state index contributed by atoms with van der Waals surface area (Å²) in [5.41, 5.74) is 1.01. The van der Waals surface area contributed by atoms with Crippen molar-refractivity contribution in [1.29, 1.82) is 0 Å². The van der Waals surface area contributed by atoms with E-state index in [-0.39, 0.29) is 5.60 Å². The van der Waals surface area contributed by atoms with E-state index in [1.54, 1.807) is 0 Å². The summed E-state index contributed by atoms with van der Waals surface area (Å²) in [6, 6.07) is 7.91. The normalized spacial score (nSPS) is 26.9. The average molecular weight is 238 g/mol. The fourth-order valence-electron chi connectivity index (χ4n) is 2.00. The quantitative estimate of drug-likeness (QED) is 0.809. The Morgan fingerprint density at radius 1 is 1.38 bits per heavy atom. The topological polar surface area (TPSA) is 26.3 Å². The maximum Gasteiger partial charge on any atom is 0.0773 e. The van der Waals surface area contributed by atoms with E-state index < -0.39 is 10.8 Å². The molecule has 0 radical (unpaired) electrons. The molecule has 1 heterocycles. The highest BCUT2D eigenvalue weighted by Crippen LogP contribution is 2.27. The Morgan fingerprint density at radius 2 is 2.06 bits per heavy atom. The van der Waals surface area contributed by atoms with E-state index in [2.05, 4.69) is 6.92 Å². The van der Waals surface area contributed by atoms with Crippen molar-refractivity contribution in [2.45, 2.75) is 37.2 Å². The second-order valence-electron chi connectivity index (χ2n) is 4.70. The lowest BCUT2D eigenvalue weighted by molar-refractivity contribution is 0.0401. The first-order chi connectivity index (χ1) is 7.59. The van der Waals surface area contributed by atoms with Crippen LogP contribution in [-0.2, 0) is 15.5 Å². The van der Waals surface area contributed by atoms with Crippen LogP contribution in [0.1, 0.15) is 25.3 Å². The predicted molar refractivity (Wildman–Crippen MR) is 66.0 cm³/mol. The lowest BCUT2D eigenvalue weighted by Gasteiger charge is -2.22. The summed E-state index contributed by atoms with van der Waals surface area (Å²) in [7, 11) is -0.946. The minimum absolute atomic E-state index is 0.185. The van der Waals surface area contributed by atoms with Gasteiger partial charge in [0.05, 0.1) is 22.2 Å². The first-order valence-corrected chi connectivity index (χ1v) is 7.00. The fourth-order valence-corrected chi connectivity index (χ4v) is 3.39. The maximum absolute atomic E-state index is 12.1. The monoisotopic (exact) mass is 238 g/mol. The van der Waals surface area contributed by atoms with E-state index >= 15 is 0 Å². The Balaban J connectivity index is 2.05. The minimum atomic E-state index is -0.946. The van der Waals surface area contributed by atoms with Gasteiger partial charge in [-0.2, -0.15) is 0 Å². The summed E-state index contributed by atoms with van der Waals surface area (Å²) < 4.78 is 17.8. The number of ether oxygens (including phenoxy) is 1. The summed E-state index contributed by atoms with van der Waals surface area (Å²) >= 11 is 0. The first-order valence-electron chi connectivity index (χ1n) is 5.68. The highest BCUT2D eigenvalue weighted by Gasteiger charge is 2.32. The Labute approximate surface area is 99.5 Å². The van der Waals surface area contributed by atoms with Gasteiger partial charge in [-0.05, 0) is 38.8 Å². The molecule has 0 bridgehead atoms. The van der Waals surface area contributed by atoms with Gasteiger partial charge in [-0.1, -0.05) is 17.7 Å². The molecule has 3 heteroatoms. The molecule has 0 amide bonds. The van der Waals surface area contributed by atoms with E-state index in [1.807, 2.05) is 31.2 Å². The summed E-state index contributed by atoms with van der Waals surface area (Å²) in [5, 5.41) is 0. The van der Waals surface area contributed by atoms with E-state index in [9.17, 15) is 4.21 Å². The zero-order chi connectivity index (χ0) is 11.6. The van der Waals surface area contributed by atoms with Crippen LogP contribution in [0, 0.1) is 6.92 Å². The molecule has 1 aromatic rings. The Morgan fingerprint density at radius 3 is 2.62 bits per heavy atom. The zero-order valence-electron chi connectivity index (χ0n) is 9.86. The Bertz CT molecular complexity index is 377. The van der Waals surface area contributed by atoms with Crippen molar-refractivity contribution in [2.24, 2.45) is 0 Å². The molecule has 1 aliphatic heterocycles. The van der Waals surface area contributed by atoms with Gasteiger partial charge in [0.15, 0.2) is 0 Å². The third-order valence-corrected chi connectivity index (χ3v) is 4.69. The van der Waals surface area contributed by atoms with Crippen molar-refractivity contribution in [3.05, 3.63) is 29.8 Å². The zero-order valence-corrected chi connectivity index (χ0v) is 10.7. The van der Waals surface area contributed by atoms with Crippen molar-refractivity contribution < 1.29 is 8.95 Å². The highest BCUT2D eigenvalue weighted by molar-refractivity contribution is 7.85. The van der Waals surface area contributed by atoms with Gasteiger partial charge in [0.25, 0.3) is 0 Å². The molecule has 0 N–H and O–H groups in total. The van der Waals surface area contributed by atoms with E-state index in [1.165, 1.54) is 5.56 Å². The van der Waals surface area contributed by atoms with Crippen LogP contribution in [0.25, 0.3) is 0 Å². The van der Waals surface area contributed by atoms with Gasteiger partial charge in [0.2, 0.25) is 0 Å². The highest BCUT2D eigenvalue weighted by atomic mass is 32.2. The van der Waals surface area contributed by atoms with Gasteiger partial charge in [-0.25, -0.2) is 0 Å². The van der Waals surface area contributed by atoms with Gasteiger partial charge in [0, 0.05) is 11.5 Å². The molecule has 88 valence electrons. The first kappa shape index (κ1) is 11.8. The standard InChI is InChI=1S/C13H18O2S/c1-11-4-6-12(7-5-11)16(14)10-13(2)8-3-9-15-13/h4-7H,3,8-10H2,1-2H3/t13-,16+/m0/s1. The SMILES string of the molecule is Cc1ccc([S@](=O)C[C@]2(C)CCCO2)cc1. The number of rotatable bonds is 3. The molecular formula is C13H18O2S. The summed E-state index contributed by atoms with van der Waals surface area (Å²) in [6.45, 7) is 4.90. The second-order valence-corrected chi connectivity index (χ2v) is 6.16. The maximum atomic E-state index is 12.1. The van der Waals surface area contributed by atoms with Crippen LogP contribution in [0.2, 0.25) is 0 Å². The second kappa shape index (κ2) is 4.68. The molecule has 2 atom stereocenters. The number of aryl methyl sites for hydroxylation is 1. The van der Waals surface area contributed by atoms with Crippen molar-refractivity contribution >= 4 is 10.8 Å². The molecule has 1 aromatic carbocycles. The Kier molecular flexibility index (Phi) is 3.45. The van der Waals surface area contributed by atoms with Crippen molar-refractivity contribution in [1.82, 2.24) is 0 Å². The van der Waals surface area contributed by atoms with Crippen LogP contribution in [0.5, 0.6) is 0 Å². The molecule has 1 aliphatic rings. The molecule has 0 aliphatic carbocycles. The summed E-state index contributed by atoms with van der Waals surface area (Å²) in [5.74, 6) is 0.607. The molecule has 1 fully saturated rings. The lowest BCUT2D eigenvalue weighted by atomic mass is 10.1. The van der Waals surface area contributed by atoms with E-state index in [0.717, 1.165) is 24.3 Å². The average Bonchev–Trinajstić information content (AvgIpc) is 2.65. The van der Waals surface area contributed by atoms with Crippen LogP contribution < -0.4 is 0 Å². The summed E-state index contributed by atoms with van der Waals surface area (Å²) in [6.07, 6.45) is 2.10. The lowest BCUT2D eigenvalue weighted by Crippen LogP contribution is -2.30. The number of benzene rings is 1. The fraction of sp³-hybridized carbons (Fsp3) is 0.538. The van der Waals surface area contributed by atoms with Crippen molar-refractivity contribution in [3.8, 4) is 0 Å². The van der Waals surface area contributed by atoms with Crippen molar-refractivity contribution in [2.75, 3.05) is 12.4 Å². The van der Waals surface area contributed by atoms with Gasteiger partial charge in [-0.3, -0.25) is 4.21 Å². The van der Waals surface area contributed by atoms with E-state index in [0.29, 0.717) is 5.75 Å². The molecule has 0 unspecified atom stereocenters. The predicted octanol–water partition coefficient (Wildman–Crippen LogP) is 2.67. The summed E-state index contributed by atoms with van der Waals surface area (Å²) in [4.78, 5) is 0.905. The van der Waals surface area contributed by atoms with Gasteiger partial charge >= 0.3 is 0 Å². The number of hydrogen-bond donors (Lipinski definition) is 0. The molecule has 0 aromatic heterocycles. The van der Waals surface area contributed by atoms with Crippen molar-refractivity contribution in [3.63, 3.8) is 0 Å². The molecule has 2 nitrogen and oxygen atoms in total. The van der Waals surface area contributed by atoms with Crippen LogP contribution >= 0.6 is 0 Å². The largest absolute Gasteiger partial charge is 0.374 e. The molecule has 2 rings (SSSR count). The van der Waals surface area contributed by atoms with Crippen LogP contribution in [0.3, 0.4) is 0 Å². The molecule has 0 spiro atoms. The number of hydrogen-bond acceptors (Lipinski definition) is 2. The van der Waals surface area contributed by atoms with Crippen LogP contribution in [0.4, 0.5) is 0 Å². The molecular weight excluding hydrogens is 220 g/mol. The third-order valence-electron chi connectivity index (χ3n) is 3.02. The third kappa shape index (κ3) is 2.71.